The van der Waals surface area contributed by atoms with E-state index in [2.05, 4.69) is 32.5 Å². The van der Waals surface area contributed by atoms with Crippen molar-refractivity contribution < 1.29 is 14.3 Å². The molecule has 2 aromatic carbocycles. The van der Waals surface area contributed by atoms with Crippen molar-refractivity contribution in [2.45, 2.75) is 53.2 Å². The van der Waals surface area contributed by atoms with Gasteiger partial charge in [-0.2, -0.15) is 5.10 Å². The summed E-state index contributed by atoms with van der Waals surface area (Å²) in [5, 5.41) is 8.65. The second-order valence-corrected chi connectivity index (χ2v) is 13.2. The van der Waals surface area contributed by atoms with Gasteiger partial charge in [-0.15, -0.1) is 0 Å². The number of hydrogen-bond acceptors (Lipinski definition) is 7. The highest BCUT2D eigenvalue weighted by molar-refractivity contribution is 6.15. The van der Waals surface area contributed by atoms with Crippen LogP contribution in [0.15, 0.2) is 60.9 Å². The van der Waals surface area contributed by atoms with Crippen LogP contribution < -0.4 is 10.2 Å². The Morgan fingerprint density at radius 2 is 1.85 bits per heavy atom. The molecule has 5 heterocycles. The number of benzene rings is 2. The minimum Gasteiger partial charge on any atom is -0.444 e. The van der Waals surface area contributed by atoms with Gasteiger partial charge in [0.2, 0.25) is 5.95 Å². The molecule has 0 aliphatic carbocycles. The maximum Gasteiger partial charge on any atom is 0.410 e. The van der Waals surface area contributed by atoms with E-state index < -0.39 is 5.60 Å². The molecule has 2 N–H and O–H groups in total. The molecule has 0 atom stereocenters. The van der Waals surface area contributed by atoms with E-state index in [1.165, 1.54) is 0 Å². The van der Waals surface area contributed by atoms with Crippen molar-refractivity contribution in [3.63, 3.8) is 0 Å². The topological polar surface area (TPSA) is 121 Å². The van der Waals surface area contributed by atoms with Crippen molar-refractivity contribution in [2.24, 2.45) is 7.05 Å². The molecular formula is C36H38N8O3. The van der Waals surface area contributed by atoms with Crippen LogP contribution in [0.25, 0.3) is 27.7 Å². The summed E-state index contributed by atoms with van der Waals surface area (Å²) in [6.07, 6.45) is 6.21. The number of rotatable bonds is 5. The number of fused-ring (bicyclic) bond motifs is 2. The van der Waals surface area contributed by atoms with E-state index in [-0.39, 0.29) is 12.0 Å². The van der Waals surface area contributed by atoms with Gasteiger partial charge in [0.25, 0.3) is 5.91 Å². The Labute approximate surface area is 273 Å². The number of nitrogens with one attached hydrogen (secondary N) is 2. The van der Waals surface area contributed by atoms with Crippen molar-refractivity contribution in [2.75, 3.05) is 23.3 Å². The Morgan fingerprint density at radius 1 is 1.06 bits per heavy atom. The molecule has 5 aromatic rings. The average Bonchev–Trinajstić information content (AvgIpc) is 3.71. The summed E-state index contributed by atoms with van der Waals surface area (Å²) in [5.74, 6) is 1.10. The highest BCUT2D eigenvalue weighted by Crippen LogP contribution is 2.40. The lowest BCUT2D eigenvalue weighted by Crippen LogP contribution is -2.39. The number of aromatic amines is 1. The second kappa shape index (κ2) is 11.4. The lowest BCUT2D eigenvalue weighted by atomic mass is 9.93. The number of H-pyrrole nitrogens is 1. The summed E-state index contributed by atoms with van der Waals surface area (Å²) in [6.45, 7) is 11.1. The number of amides is 2. The largest absolute Gasteiger partial charge is 0.444 e. The molecule has 47 heavy (non-hydrogen) atoms. The molecule has 0 fully saturated rings. The molecule has 0 unspecified atom stereocenters. The molecule has 0 radical (unpaired) electrons. The third-order valence-electron chi connectivity index (χ3n) is 8.74. The second-order valence-electron chi connectivity index (χ2n) is 13.2. The summed E-state index contributed by atoms with van der Waals surface area (Å²) >= 11 is 0. The Bertz CT molecular complexity index is 2060. The zero-order valence-corrected chi connectivity index (χ0v) is 27.5. The number of carbonyl (C=O) groups excluding carboxylic acids is 2. The van der Waals surface area contributed by atoms with Crippen molar-refractivity contribution in [1.29, 1.82) is 0 Å². The number of nitrogens with zero attached hydrogens (tertiary/aromatic N) is 6. The van der Waals surface area contributed by atoms with Gasteiger partial charge in [0.1, 0.15) is 5.60 Å². The van der Waals surface area contributed by atoms with Crippen LogP contribution in [0.5, 0.6) is 0 Å². The van der Waals surface area contributed by atoms with Crippen LogP contribution in [-0.2, 0) is 18.3 Å². The van der Waals surface area contributed by atoms with Gasteiger partial charge in [-0.3, -0.25) is 9.48 Å². The minimum absolute atomic E-state index is 0.0346. The zero-order valence-electron chi connectivity index (χ0n) is 27.5. The summed E-state index contributed by atoms with van der Waals surface area (Å²) in [4.78, 5) is 42.9. The first kappa shape index (κ1) is 30.2. The van der Waals surface area contributed by atoms with Crippen LogP contribution in [0.1, 0.15) is 59.9 Å². The highest BCUT2D eigenvalue weighted by atomic mass is 16.6. The minimum atomic E-state index is -0.541. The monoisotopic (exact) mass is 630 g/mol. The molecule has 11 heteroatoms. The van der Waals surface area contributed by atoms with E-state index in [9.17, 15) is 9.59 Å². The van der Waals surface area contributed by atoms with Gasteiger partial charge < -0.3 is 24.8 Å². The fourth-order valence-corrected chi connectivity index (χ4v) is 6.30. The molecule has 2 aliphatic heterocycles. The van der Waals surface area contributed by atoms with E-state index in [1.807, 2.05) is 89.2 Å². The fourth-order valence-electron chi connectivity index (χ4n) is 6.30. The van der Waals surface area contributed by atoms with Crippen LogP contribution in [0.2, 0.25) is 0 Å². The molecule has 0 spiro atoms. The van der Waals surface area contributed by atoms with Gasteiger partial charge in [0.05, 0.1) is 23.4 Å². The van der Waals surface area contributed by atoms with E-state index in [0.717, 1.165) is 55.8 Å². The van der Waals surface area contributed by atoms with E-state index in [0.29, 0.717) is 43.4 Å². The van der Waals surface area contributed by atoms with Gasteiger partial charge >= 0.3 is 6.09 Å². The first-order valence-corrected chi connectivity index (χ1v) is 15.8. The predicted octanol–water partition coefficient (Wildman–Crippen LogP) is 6.90. The molecule has 3 aromatic heterocycles. The number of aromatic nitrogens is 5. The van der Waals surface area contributed by atoms with Gasteiger partial charge in [0.15, 0.2) is 5.82 Å². The van der Waals surface area contributed by atoms with Crippen LogP contribution >= 0.6 is 0 Å². The summed E-state index contributed by atoms with van der Waals surface area (Å²) in [6, 6.07) is 13.9. The molecule has 240 valence electrons. The standard InChI is InChI=1S/C36H38N8O3/c1-21-18-38-34(39-30-17-22(2)42(6)41-30)40-31(21)27-19-37-32-25(27)10-8-12-29(32)44-20-28-24(9-7-11-26(28)33(44)45)23-13-15-43(16-14-23)35(46)47-36(3,4)5/h7-13,17-19,37H,14-16,20H2,1-6H3,(H,38,39,40,41). The zero-order chi connectivity index (χ0) is 33.0. The smallest absolute Gasteiger partial charge is 0.410 e. The summed E-state index contributed by atoms with van der Waals surface area (Å²) in [5.41, 5.74) is 8.71. The predicted molar refractivity (Wildman–Crippen MR) is 183 cm³/mol. The van der Waals surface area contributed by atoms with E-state index >= 15 is 0 Å². The van der Waals surface area contributed by atoms with Gasteiger partial charge in [-0.25, -0.2) is 14.8 Å². The van der Waals surface area contributed by atoms with Crippen molar-refractivity contribution in [3.8, 4) is 11.3 Å². The van der Waals surface area contributed by atoms with Gasteiger partial charge in [-0.1, -0.05) is 30.3 Å². The summed E-state index contributed by atoms with van der Waals surface area (Å²) < 4.78 is 7.36. The van der Waals surface area contributed by atoms with Crippen molar-refractivity contribution in [3.05, 3.63) is 88.9 Å². The van der Waals surface area contributed by atoms with Crippen LogP contribution in [-0.4, -0.2) is 60.3 Å². The lowest BCUT2D eigenvalue weighted by molar-refractivity contribution is 0.0270. The molecule has 2 aliphatic rings. The quantitative estimate of drug-likeness (QED) is 0.217. The molecule has 0 saturated heterocycles. The molecule has 2 amide bonds. The van der Waals surface area contributed by atoms with Crippen LogP contribution in [0, 0.1) is 13.8 Å². The Hall–Kier alpha value is -5.45. The molecular weight excluding hydrogens is 592 g/mol. The number of aryl methyl sites for hydroxylation is 3. The molecule has 11 nitrogen and oxygen atoms in total. The van der Waals surface area contributed by atoms with Crippen LogP contribution in [0.3, 0.4) is 0 Å². The maximum absolute atomic E-state index is 13.9. The first-order chi connectivity index (χ1) is 22.5. The lowest BCUT2D eigenvalue weighted by Gasteiger charge is -2.30. The van der Waals surface area contributed by atoms with Crippen LogP contribution in [0.4, 0.5) is 22.2 Å². The Balaban J connectivity index is 1.17. The number of carbonyl (C=O) groups is 2. The number of ether oxygens (including phenoxy) is 1. The van der Waals surface area contributed by atoms with E-state index in [4.69, 9.17) is 9.72 Å². The average molecular weight is 631 g/mol. The van der Waals surface area contributed by atoms with Crippen molar-refractivity contribution >= 4 is 45.9 Å². The SMILES string of the molecule is Cc1cnc(Nc2cc(C)n(C)n2)nc1-c1c[nH]c2c(N3Cc4c(cccc4C4=CCN(C(=O)OC(C)(C)C)CC4)C3=O)cccc12. The summed E-state index contributed by atoms with van der Waals surface area (Å²) in [7, 11) is 1.89. The fraction of sp³-hybridized carbons (Fsp3) is 0.306. The maximum atomic E-state index is 13.9. The first-order valence-electron chi connectivity index (χ1n) is 15.8. The van der Waals surface area contributed by atoms with E-state index in [1.54, 1.807) is 15.8 Å². The highest BCUT2D eigenvalue weighted by Gasteiger charge is 2.33. The Kier molecular flexibility index (Phi) is 7.34. The molecule has 7 rings (SSSR count). The Morgan fingerprint density at radius 3 is 2.57 bits per heavy atom. The third kappa shape index (κ3) is 5.62. The number of para-hydroxylation sites is 1. The number of hydrogen-bond donors (Lipinski definition) is 2. The number of anilines is 3. The molecule has 0 bridgehead atoms. The van der Waals surface area contributed by atoms with Gasteiger partial charge in [0, 0.05) is 60.8 Å². The molecule has 0 saturated carbocycles. The normalized spacial score (nSPS) is 14.9. The van der Waals surface area contributed by atoms with Crippen molar-refractivity contribution in [1.82, 2.24) is 29.6 Å². The third-order valence-corrected chi connectivity index (χ3v) is 8.74. The van der Waals surface area contributed by atoms with Gasteiger partial charge in [-0.05, 0) is 75.4 Å².